The first-order valence-electron chi connectivity index (χ1n) is 7.64. The zero-order chi connectivity index (χ0) is 14.5. The summed E-state index contributed by atoms with van der Waals surface area (Å²) in [4.78, 5) is 8.71. The van der Waals surface area contributed by atoms with Gasteiger partial charge in [0.1, 0.15) is 0 Å². The summed E-state index contributed by atoms with van der Waals surface area (Å²) in [5.41, 5.74) is 2.90. The van der Waals surface area contributed by atoms with Crippen molar-refractivity contribution < 1.29 is 4.74 Å². The predicted octanol–water partition coefficient (Wildman–Crippen LogP) is 3.23. The van der Waals surface area contributed by atoms with Crippen LogP contribution >= 0.6 is 0 Å². The molecule has 4 heteroatoms. The maximum atomic E-state index is 5.55. The number of ether oxygens (including phenoxy) is 1. The first-order chi connectivity index (χ1) is 10.3. The van der Waals surface area contributed by atoms with Crippen molar-refractivity contribution in [1.29, 1.82) is 0 Å². The highest BCUT2D eigenvalue weighted by molar-refractivity contribution is 5.35. The van der Waals surface area contributed by atoms with Gasteiger partial charge in [0.25, 0.3) is 0 Å². The van der Waals surface area contributed by atoms with Crippen molar-refractivity contribution >= 4 is 5.95 Å². The average Bonchev–Trinajstić information content (AvgIpc) is 2.53. The van der Waals surface area contributed by atoms with E-state index in [1.807, 2.05) is 0 Å². The fourth-order valence-electron chi connectivity index (χ4n) is 2.70. The minimum absolute atomic E-state index is 0.390. The number of anilines is 1. The Morgan fingerprint density at radius 2 is 2.10 bits per heavy atom. The number of fused-ring (bicyclic) bond motifs is 1. The predicted molar refractivity (Wildman–Crippen MR) is 83.7 cm³/mol. The molecule has 0 saturated heterocycles. The number of aryl methyl sites for hydroxylation is 1. The van der Waals surface area contributed by atoms with Gasteiger partial charge in [0.15, 0.2) is 0 Å². The van der Waals surface area contributed by atoms with E-state index in [1.165, 1.54) is 11.1 Å². The zero-order valence-electron chi connectivity index (χ0n) is 12.4. The molecule has 1 aromatic carbocycles. The molecular weight excluding hydrogens is 262 g/mol. The summed E-state index contributed by atoms with van der Waals surface area (Å²) in [6.07, 6.45) is 5.98. The van der Waals surface area contributed by atoms with Crippen molar-refractivity contribution in [3.8, 4) is 5.88 Å². The summed E-state index contributed by atoms with van der Waals surface area (Å²) in [6, 6.07) is 10.9. The topological polar surface area (TPSA) is 47.0 Å². The second-order valence-corrected chi connectivity index (χ2v) is 5.42. The van der Waals surface area contributed by atoms with Crippen LogP contribution in [0.2, 0.25) is 0 Å². The van der Waals surface area contributed by atoms with E-state index in [2.05, 4.69) is 46.5 Å². The quantitative estimate of drug-likeness (QED) is 0.915. The number of aromatic nitrogens is 2. The van der Waals surface area contributed by atoms with Crippen LogP contribution in [0.1, 0.15) is 30.9 Å². The fraction of sp³-hybridized carbons (Fsp3) is 0.412. The molecule has 1 unspecified atom stereocenters. The normalized spacial score (nSPS) is 17.1. The van der Waals surface area contributed by atoms with Crippen LogP contribution in [0.5, 0.6) is 5.88 Å². The standard InChI is InChI=1S/C17H21N3O/c1-2-11-21-16-9-10-18-17(20-16)19-15-8-7-13-5-3-4-6-14(13)12-15/h3-6,9-10,15H,2,7-8,11-12H2,1H3,(H,18,19,20). The van der Waals surface area contributed by atoms with Crippen LogP contribution in [0, 0.1) is 0 Å². The van der Waals surface area contributed by atoms with Gasteiger partial charge < -0.3 is 10.1 Å². The molecule has 1 aliphatic rings. The number of nitrogens with zero attached hydrogens (tertiary/aromatic N) is 2. The molecule has 0 radical (unpaired) electrons. The number of hydrogen-bond donors (Lipinski definition) is 1. The van der Waals surface area contributed by atoms with E-state index in [4.69, 9.17) is 4.74 Å². The van der Waals surface area contributed by atoms with Gasteiger partial charge in [-0.1, -0.05) is 31.2 Å². The SMILES string of the molecule is CCCOc1ccnc(NC2CCc3ccccc3C2)n1. The lowest BCUT2D eigenvalue weighted by Crippen LogP contribution is -2.28. The first kappa shape index (κ1) is 13.9. The molecule has 2 aromatic rings. The lowest BCUT2D eigenvalue weighted by Gasteiger charge is -2.25. The van der Waals surface area contributed by atoms with Gasteiger partial charge in [-0.15, -0.1) is 0 Å². The van der Waals surface area contributed by atoms with E-state index in [0.717, 1.165) is 25.7 Å². The van der Waals surface area contributed by atoms with E-state index in [1.54, 1.807) is 12.3 Å². The van der Waals surface area contributed by atoms with Gasteiger partial charge in [0.2, 0.25) is 11.8 Å². The van der Waals surface area contributed by atoms with E-state index in [0.29, 0.717) is 24.5 Å². The fourth-order valence-corrected chi connectivity index (χ4v) is 2.70. The van der Waals surface area contributed by atoms with Gasteiger partial charge in [-0.3, -0.25) is 0 Å². The monoisotopic (exact) mass is 283 g/mol. The van der Waals surface area contributed by atoms with Crippen molar-refractivity contribution in [3.63, 3.8) is 0 Å². The third-order valence-corrected chi connectivity index (χ3v) is 3.76. The van der Waals surface area contributed by atoms with Crippen molar-refractivity contribution in [1.82, 2.24) is 9.97 Å². The summed E-state index contributed by atoms with van der Waals surface area (Å²) in [5.74, 6) is 1.30. The maximum absolute atomic E-state index is 5.55. The van der Waals surface area contributed by atoms with E-state index in [9.17, 15) is 0 Å². The summed E-state index contributed by atoms with van der Waals surface area (Å²) >= 11 is 0. The van der Waals surface area contributed by atoms with Crippen molar-refractivity contribution in [2.24, 2.45) is 0 Å². The van der Waals surface area contributed by atoms with Crippen LogP contribution in [-0.2, 0) is 12.8 Å². The highest BCUT2D eigenvalue weighted by Gasteiger charge is 2.18. The van der Waals surface area contributed by atoms with E-state index < -0.39 is 0 Å². The molecule has 3 rings (SSSR count). The first-order valence-corrected chi connectivity index (χ1v) is 7.64. The summed E-state index contributed by atoms with van der Waals surface area (Å²) in [5, 5.41) is 3.44. The molecule has 4 nitrogen and oxygen atoms in total. The zero-order valence-corrected chi connectivity index (χ0v) is 12.4. The number of hydrogen-bond acceptors (Lipinski definition) is 4. The summed E-state index contributed by atoms with van der Waals surface area (Å²) in [7, 11) is 0. The Kier molecular flexibility index (Phi) is 4.34. The van der Waals surface area contributed by atoms with Crippen molar-refractivity contribution in [2.75, 3.05) is 11.9 Å². The molecule has 0 bridgehead atoms. The van der Waals surface area contributed by atoms with E-state index >= 15 is 0 Å². The number of benzene rings is 1. The molecule has 110 valence electrons. The van der Waals surface area contributed by atoms with Gasteiger partial charge in [-0.05, 0) is 36.8 Å². The summed E-state index contributed by atoms with van der Waals surface area (Å²) in [6.45, 7) is 2.77. The molecule has 0 aliphatic heterocycles. The average molecular weight is 283 g/mol. The van der Waals surface area contributed by atoms with Crippen molar-refractivity contribution in [2.45, 2.75) is 38.6 Å². The largest absolute Gasteiger partial charge is 0.478 e. The Bertz CT molecular complexity index is 600. The molecule has 0 saturated carbocycles. The van der Waals surface area contributed by atoms with Crippen LogP contribution < -0.4 is 10.1 Å². The molecule has 0 fully saturated rings. The Balaban J connectivity index is 1.65. The van der Waals surface area contributed by atoms with Crippen LogP contribution in [-0.4, -0.2) is 22.6 Å². The third kappa shape index (κ3) is 3.51. The molecule has 1 aliphatic carbocycles. The lowest BCUT2D eigenvalue weighted by molar-refractivity contribution is 0.305. The lowest BCUT2D eigenvalue weighted by atomic mass is 9.88. The third-order valence-electron chi connectivity index (χ3n) is 3.76. The second kappa shape index (κ2) is 6.57. The van der Waals surface area contributed by atoms with Gasteiger partial charge in [0, 0.05) is 18.3 Å². The maximum Gasteiger partial charge on any atom is 0.226 e. The van der Waals surface area contributed by atoms with Crippen LogP contribution in [0.4, 0.5) is 5.95 Å². The van der Waals surface area contributed by atoms with Gasteiger partial charge in [-0.2, -0.15) is 4.98 Å². The highest BCUT2D eigenvalue weighted by atomic mass is 16.5. The van der Waals surface area contributed by atoms with Crippen LogP contribution in [0.25, 0.3) is 0 Å². The molecule has 1 atom stereocenters. The Morgan fingerprint density at radius 1 is 1.24 bits per heavy atom. The highest BCUT2D eigenvalue weighted by Crippen LogP contribution is 2.23. The molecule has 1 heterocycles. The minimum Gasteiger partial charge on any atom is -0.478 e. The molecule has 1 N–H and O–H groups in total. The molecule has 0 spiro atoms. The smallest absolute Gasteiger partial charge is 0.226 e. The Labute approximate surface area is 125 Å². The van der Waals surface area contributed by atoms with Gasteiger partial charge >= 0.3 is 0 Å². The van der Waals surface area contributed by atoms with Crippen molar-refractivity contribution in [3.05, 3.63) is 47.7 Å². The molecule has 0 amide bonds. The molecule has 21 heavy (non-hydrogen) atoms. The number of nitrogens with one attached hydrogen (secondary N) is 1. The molecule has 1 aromatic heterocycles. The molecular formula is C17H21N3O. The Hall–Kier alpha value is -2.10. The van der Waals surface area contributed by atoms with Crippen LogP contribution in [0.3, 0.4) is 0 Å². The minimum atomic E-state index is 0.390. The van der Waals surface area contributed by atoms with Crippen LogP contribution in [0.15, 0.2) is 36.5 Å². The Morgan fingerprint density at radius 3 is 2.95 bits per heavy atom. The van der Waals surface area contributed by atoms with E-state index in [-0.39, 0.29) is 0 Å². The second-order valence-electron chi connectivity index (χ2n) is 5.42. The number of rotatable bonds is 5. The summed E-state index contributed by atoms with van der Waals surface area (Å²) < 4.78 is 5.55. The van der Waals surface area contributed by atoms with Gasteiger partial charge in [0.05, 0.1) is 6.61 Å². The van der Waals surface area contributed by atoms with Gasteiger partial charge in [-0.25, -0.2) is 4.98 Å².